The first kappa shape index (κ1) is 10.3. The zero-order valence-electron chi connectivity index (χ0n) is 10.2. The van der Waals surface area contributed by atoms with Gasteiger partial charge >= 0.3 is 0 Å². The van der Waals surface area contributed by atoms with Crippen molar-refractivity contribution >= 4 is 11.6 Å². The number of amides is 1. The Kier molecular flexibility index (Phi) is 1.61. The van der Waals surface area contributed by atoms with Gasteiger partial charge in [0.05, 0.1) is 5.92 Å². The van der Waals surface area contributed by atoms with Crippen molar-refractivity contribution in [2.24, 2.45) is 28.3 Å². The van der Waals surface area contributed by atoms with E-state index in [4.69, 9.17) is 0 Å². The van der Waals surface area contributed by atoms with Crippen LogP contribution in [0.5, 0.6) is 0 Å². The van der Waals surface area contributed by atoms with Gasteiger partial charge in [-0.2, -0.15) is 5.10 Å². The molecule has 3 rings (SSSR count). The maximum absolute atomic E-state index is 11.5. The van der Waals surface area contributed by atoms with E-state index >= 15 is 0 Å². The van der Waals surface area contributed by atoms with Crippen LogP contribution in [0, 0.1) is 23.2 Å². The topological polar surface area (TPSA) is 52.9 Å². The summed E-state index contributed by atoms with van der Waals surface area (Å²) in [6, 6.07) is 0. The third-order valence-electron chi connectivity index (χ3n) is 4.89. The van der Waals surface area contributed by atoms with Gasteiger partial charge in [0.2, 0.25) is 5.91 Å². The first-order valence-electron chi connectivity index (χ1n) is 5.88. The summed E-state index contributed by atoms with van der Waals surface area (Å²) in [6.07, 6.45) is 0.676. The Bertz CT molecular complexity index is 415. The average Bonchev–Trinajstić information content (AvgIpc) is 2.51. The number of hydrazone groups is 1. The van der Waals surface area contributed by atoms with Crippen molar-refractivity contribution < 1.29 is 9.90 Å². The zero-order valence-corrected chi connectivity index (χ0v) is 10.2. The maximum atomic E-state index is 11.5. The van der Waals surface area contributed by atoms with Crippen LogP contribution in [0.2, 0.25) is 0 Å². The molecule has 3 aliphatic rings. The minimum absolute atomic E-state index is 0.0522. The standard InChI is InChI=1S/C12H18N2O2/c1-6-9-10-8(11(10,3)4)5-12(9,16)14(13-6)7(2)15/h8-10,16H,5H2,1-4H3. The molecule has 1 heterocycles. The predicted molar refractivity (Wildman–Crippen MR) is 59.4 cm³/mol. The van der Waals surface area contributed by atoms with Crippen LogP contribution in [0.15, 0.2) is 5.10 Å². The highest BCUT2D eigenvalue weighted by Gasteiger charge is 2.75. The maximum Gasteiger partial charge on any atom is 0.242 e. The van der Waals surface area contributed by atoms with Crippen LogP contribution < -0.4 is 0 Å². The molecule has 2 aliphatic carbocycles. The largest absolute Gasteiger partial charge is 0.368 e. The quantitative estimate of drug-likeness (QED) is 0.669. The molecule has 0 aromatic heterocycles. The molecule has 1 aliphatic heterocycles. The van der Waals surface area contributed by atoms with Gasteiger partial charge in [0.1, 0.15) is 0 Å². The second-order valence-electron chi connectivity index (χ2n) is 6.09. The zero-order chi connectivity index (χ0) is 11.9. The smallest absolute Gasteiger partial charge is 0.242 e. The number of fused-ring (bicyclic) bond motifs is 3. The van der Waals surface area contributed by atoms with E-state index in [1.165, 1.54) is 11.9 Å². The van der Waals surface area contributed by atoms with Crippen LogP contribution in [-0.2, 0) is 4.79 Å². The fraction of sp³-hybridized carbons (Fsp3) is 0.833. The van der Waals surface area contributed by atoms with Gasteiger partial charge in [-0.15, -0.1) is 0 Å². The molecule has 4 unspecified atom stereocenters. The molecule has 0 aromatic carbocycles. The highest BCUT2D eigenvalue weighted by Crippen LogP contribution is 2.73. The van der Waals surface area contributed by atoms with E-state index in [1.807, 2.05) is 6.92 Å². The first-order valence-corrected chi connectivity index (χ1v) is 5.88. The highest BCUT2D eigenvalue weighted by molar-refractivity contribution is 5.91. The molecule has 4 nitrogen and oxygen atoms in total. The number of carbonyl (C=O) groups is 1. The summed E-state index contributed by atoms with van der Waals surface area (Å²) in [5, 5.41) is 16.2. The van der Waals surface area contributed by atoms with Crippen LogP contribution in [0.4, 0.5) is 0 Å². The van der Waals surface area contributed by atoms with Crippen molar-refractivity contribution in [3.05, 3.63) is 0 Å². The highest BCUT2D eigenvalue weighted by atomic mass is 16.3. The van der Waals surface area contributed by atoms with Crippen molar-refractivity contribution in [2.75, 3.05) is 0 Å². The molecule has 16 heavy (non-hydrogen) atoms. The fourth-order valence-electron chi connectivity index (χ4n) is 4.04. The molecule has 0 radical (unpaired) electrons. The molecule has 0 bridgehead atoms. The second-order valence-corrected chi connectivity index (χ2v) is 6.09. The van der Waals surface area contributed by atoms with E-state index < -0.39 is 5.72 Å². The van der Waals surface area contributed by atoms with Gasteiger partial charge < -0.3 is 5.11 Å². The fourth-order valence-corrected chi connectivity index (χ4v) is 4.04. The van der Waals surface area contributed by atoms with Crippen LogP contribution in [0.25, 0.3) is 0 Å². The summed E-state index contributed by atoms with van der Waals surface area (Å²) >= 11 is 0. The molecule has 1 amide bonds. The lowest BCUT2D eigenvalue weighted by Crippen LogP contribution is -2.50. The Balaban J connectivity index is 1.99. The van der Waals surface area contributed by atoms with Gasteiger partial charge in [-0.25, -0.2) is 5.01 Å². The summed E-state index contributed by atoms with van der Waals surface area (Å²) < 4.78 is 0. The first-order chi connectivity index (χ1) is 7.30. The molecule has 0 saturated heterocycles. The van der Waals surface area contributed by atoms with Gasteiger partial charge in [-0.1, -0.05) is 13.8 Å². The molecule has 4 atom stereocenters. The molecular weight excluding hydrogens is 204 g/mol. The third kappa shape index (κ3) is 0.902. The number of hydrogen-bond acceptors (Lipinski definition) is 3. The summed E-state index contributed by atoms with van der Waals surface area (Å²) in [6.45, 7) is 7.87. The van der Waals surface area contributed by atoms with E-state index in [9.17, 15) is 9.90 Å². The van der Waals surface area contributed by atoms with E-state index in [2.05, 4.69) is 18.9 Å². The number of nitrogens with zero attached hydrogens (tertiary/aromatic N) is 2. The van der Waals surface area contributed by atoms with Crippen molar-refractivity contribution in [1.29, 1.82) is 0 Å². The molecule has 4 heteroatoms. The number of aliphatic hydroxyl groups is 1. The van der Waals surface area contributed by atoms with Gasteiger partial charge in [-0.05, 0) is 24.2 Å². The number of rotatable bonds is 0. The molecule has 2 fully saturated rings. The summed E-state index contributed by atoms with van der Waals surface area (Å²) in [4.78, 5) is 11.5. The normalized spacial score (nSPS) is 47.4. The van der Waals surface area contributed by atoms with Crippen LogP contribution in [0.1, 0.15) is 34.1 Å². The van der Waals surface area contributed by atoms with E-state index in [1.54, 1.807) is 0 Å². The molecule has 1 N–H and O–H groups in total. The summed E-state index contributed by atoms with van der Waals surface area (Å²) in [7, 11) is 0. The second kappa shape index (κ2) is 2.50. The Hall–Kier alpha value is -0.900. The SMILES string of the molecule is CC(=O)N1N=C(C)C2C3C(CC21O)C3(C)C. The summed E-state index contributed by atoms with van der Waals surface area (Å²) in [5.74, 6) is 0.917. The van der Waals surface area contributed by atoms with Crippen molar-refractivity contribution in [2.45, 2.75) is 39.8 Å². The number of carbonyl (C=O) groups excluding carboxylic acids is 1. The Morgan fingerprint density at radius 3 is 2.75 bits per heavy atom. The average molecular weight is 222 g/mol. The molecule has 2 saturated carbocycles. The molecule has 0 spiro atoms. The third-order valence-corrected chi connectivity index (χ3v) is 4.89. The monoisotopic (exact) mass is 222 g/mol. The lowest BCUT2D eigenvalue weighted by atomic mass is 9.84. The van der Waals surface area contributed by atoms with Crippen molar-refractivity contribution in [3.63, 3.8) is 0 Å². The van der Waals surface area contributed by atoms with Crippen LogP contribution in [0.3, 0.4) is 0 Å². The van der Waals surface area contributed by atoms with Crippen LogP contribution >= 0.6 is 0 Å². The lowest BCUT2D eigenvalue weighted by Gasteiger charge is -2.34. The molecule has 0 aromatic rings. The van der Waals surface area contributed by atoms with E-state index in [0.29, 0.717) is 23.7 Å². The van der Waals surface area contributed by atoms with Crippen molar-refractivity contribution in [3.8, 4) is 0 Å². The Labute approximate surface area is 95.3 Å². The lowest BCUT2D eigenvalue weighted by molar-refractivity contribution is -0.161. The van der Waals surface area contributed by atoms with Crippen molar-refractivity contribution in [1.82, 2.24) is 5.01 Å². The summed E-state index contributed by atoms with van der Waals surface area (Å²) in [5.41, 5.74) is 0.192. The van der Waals surface area contributed by atoms with Gasteiger partial charge in [0, 0.05) is 19.1 Å². The minimum Gasteiger partial charge on any atom is -0.368 e. The molecule has 88 valence electrons. The van der Waals surface area contributed by atoms with E-state index in [0.717, 1.165) is 5.71 Å². The van der Waals surface area contributed by atoms with Gasteiger partial charge in [0.25, 0.3) is 0 Å². The predicted octanol–water partition coefficient (Wildman–Crippen LogP) is 1.21. The Morgan fingerprint density at radius 1 is 1.56 bits per heavy atom. The molecular formula is C12H18N2O2. The van der Waals surface area contributed by atoms with Crippen LogP contribution in [-0.4, -0.2) is 27.5 Å². The van der Waals surface area contributed by atoms with Gasteiger partial charge in [0.15, 0.2) is 5.72 Å². The van der Waals surface area contributed by atoms with Gasteiger partial charge in [-0.3, -0.25) is 4.79 Å². The Morgan fingerprint density at radius 2 is 2.19 bits per heavy atom. The van der Waals surface area contributed by atoms with E-state index in [-0.39, 0.29) is 11.8 Å². The number of hydrogen-bond donors (Lipinski definition) is 1. The minimum atomic E-state index is -1.03.